The summed E-state index contributed by atoms with van der Waals surface area (Å²) in [5, 5.41) is 0. The van der Waals surface area contributed by atoms with Gasteiger partial charge in [0.1, 0.15) is 20.8 Å². The van der Waals surface area contributed by atoms with E-state index in [0.29, 0.717) is 34.5 Å². The van der Waals surface area contributed by atoms with E-state index in [4.69, 9.17) is 4.18 Å². The topological polar surface area (TPSA) is 101 Å². The highest BCUT2D eigenvalue weighted by Crippen LogP contribution is 2.60. The number of benzene rings is 2. The van der Waals surface area contributed by atoms with Gasteiger partial charge in [-0.15, -0.1) is 0 Å². The zero-order chi connectivity index (χ0) is 28.1. The average Bonchev–Trinajstić information content (AvgIpc) is 3.80. The SMILES string of the molecule is O=S(=O)([O-])c1ccc(OS(=O)(=O)c2c(C3CC4CCC3C4)cc(C3CC4CCC3C4)cc2C2CC3CCC2C3)cc1. The molecule has 0 spiro atoms. The van der Waals surface area contributed by atoms with Crippen molar-refractivity contribution in [2.24, 2.45) is 35.5 Å². The summed E-state index contributed by atoms with van der Waals surface area (Å²) in [5.41, 5.74) is 3.36. The summed E-state index contributed by atoms with van der Waals surface area (Å²) in [6, 6.07) is 9.38. The van der Waals surface area contributed by atoms with Crippen LogP contribution >= 0.6 is 0 Å². The molecule has 6 aliphatic rings. The Morgan fingerprint density at radius 3 is 1.46 bits per heavy atom. The number of hydrogen-bond donors (Lipinski definition) is 0. The normalized spacial score (nSPS) is 37.3. The van der Waals surface area contributed by atoms with Crippen LogP contribution in [0.15, 0.2) is 46.2 Å². The van der Waals surface area contributed by atoms with Crippen LogP contribution in [0.2, 0.25) is 0 Å². The monoisotopic (exact) mass is 595 g/mol. The molecule has 0 N–H and O–H groups in total. The molecule has 8 rings (SSSR count). The molecule has 0 saturated heterocycles. The summed E-state index contributed by atoms with van der Waals surface area (Å²) in [4.78, 5) is 0.00262. The zero-order valence-electron chi connectivity index (χ0n) is 23.4. The highest BCUT2D eigenvalue weighted by atomic mass is 32.2. The van der Waals surface area contributed by atoms with Crippen LogP contribution in [0.25, 0.3) is 0 Å². The van der Waals surface area contributed by atoms with E-state index in [-0.39, 0.29) is 17.6 Å². The van der Waals surface area contributed by atoms with Crippen molar-refractivity contribution < 1.29 is 25.6 Å². The lowest BCUT2D eigenvalue weighted by Gasteiger charge is -2.32. The molecule has 0 aliphatic heterocycles. The molecule has 0 aromatic heterocycles. The Bertz CT molecular complexity index is 1530. The van der Waals surface area contributed by atoms with Gasteiger partial charge in [0, 0.05) is 0 Å². The average molecular weight is 596 g/mol. The van der Waals surface area contributed by atoms with Gasteiger partial charge in [-0.1, -0.05) is 31.4 Å². The molecular weight excluding hydrogens is 556 g/mol. The molecule has 8 heteroatoms. The van der Waals surface area contributed by atoms with Crippen molar-refractivity contribution >= 4 is 20.2 Å². The maximum Gasteiger partial charge on any atom is 0.339 e. The first-order chi connectivity index (χ1) is 19.6. The minimum atomic E-state index is -4.63. The van der Waals surface area contributed by atoms with E-state index in [9.17, 15) is 21.4 Å². The van der Waals surface area contributed by atoms with Crippen LogP contribution in [0.3, 0.4) is 0 Å². The quantitative estimate of drug-likeness (QED) is 0.251. The van der Waals surface area contributed by atoms with Crippen LogP contribution < -0.4 is 4.18 Å². The van der Waals surface area contributed by atoms with Crippen molar-refractivity contribution in [3.05, 3.63) is 53.1 Å². The second-order valence-corrected chi connectivity index (χ2v) is 17.2. The van der Waals surface area contributed by atoms with Crippen molar-refractivity contribution in [3.8, 4) is 5.75 Å². The predicted molar refractivity (Wildman–Crippen MR) is 153 cm³/mol. The van der Waals surface area contributed by atoms with Gasteiger partial charge in [-0.25, -0.2) is 8.42 Å². The summed E-state index contributed by atoms with van der Waals surface area (Å²) in [7, 11) is -8.84. The molecule has 41 heavy (non-hydrogen) atoms. The van der Waals surface area contributed by atoms with E-state index < -0.39 is 25.1 Å². The van der Waals surface area contributed by atoms with Gasteiger partial charge in [-0.3, -0.25) is 0 Å². The van der Waals surface area contributed by atoms with E-state index in [0.717, 1.165) is 47.9 Å². The molecule has 2 aromatic rings. The van der Waals surface area contributed by atoms with E-state index in [1.54, 1.807) is 0 Å². The standard InChI is InChI=1S/C33H40O6S2/c34-40(35,36)27-9-7-26(8-10-27)39-41(37,38)33-31(29-15-20-2-5-23(29)12-20)17-25(28-14-19-1-4-22(28)11-19)18-32(33)30-16-21-3-6-24(30)13-21/h7-10,17-24,28-30H,1-6,11-16H2,(H,34,35,36)/p-1. The molecule has 6 bridgehead atoms. The lowest BCUT2D eigenvalue weighted by Crippen LogP contribution is -2.23. The fraction of sp³-hybridized carbons (Fsp3) is 0.636. The third kappa shape index (κ3) is 4.58. The van der Waals surface area contributed by atoms with Crippen molar-refractivity contribution in [1.29, 1.82) is 0 Å². The van der Waals surface area contributed by atoms with Gasteiger partial charge >= 0.3 is 10.1 Å². The molecule has 6 fully saturated rings. The Kier molecular flexibility index (Phi) is 6.22. The van der Waals surface area contributed by atoms with Gasteiger partial charge in [0.05, 0.1) is 4.90 Å². The second-order valence-electron chi connectivity index (χ2n) is 14.3. The molecule has 0 amide bonds. The van der Waals surface area contributed by atoms with Crippen molar-refractivity contribution in [2.75, 3.05) is 0 Å². The van der Waals surface area contributed by atoms with Crippen molar-refractivity contribution in [3.63, 3.8) is 0 Å². The van der Waals surface area contributed by atoms with Crippen molar-refractivity contribution in [1.82, 2.24) is 0 Å². The first kappa shape index (κ1) is 26.7. The van der Waals surface area contributed by atoms with Crippen LogP contribution in [0.4, 0.5) is 0 Å². The van der Waals surface area contributed by atoms with E-state index in [1.165, 1.54) is 81.9 Å². The smallest absolute Gasteiger partial charge is 0.339 e. The fourth-order valence-electron chi connectivity index (χ4n) is 10.5. The summed E-state index contributed by atoms with van der Waals surface area (Å²) in [6.07, 6.45) is 14.5. The highest BCUT2D eigenvalue weighted by Gasteiger charge is 2.48. The Morgan fingerprint density at radius 2 is 1.07 bits per heavy atom. The largest absolute Gasteiger partial charge is 0.744 e. The Morgan fingerprint density at radius 1 is 0.610 bits per heavy atom. The van der Waals surface area contributed by atoms with Crippen LogP contribution in [-0.4, -0.2) is 21.4 Å². The summed E-state index contributed by atoms with van der Waals surface area (Å²) >= 11 is 0. The molecule has 0 radical (unpaired) electrons. The maximum absolute atomic E-state index is 14.4. The van der Waals surface area contributed by atoms with Crippen LogP contribution in [0, 0.1) is 35.5 Å². The number of hydrogen-bond acceptors (Lipinski definition) is 6. The second kappa shape index (κ2) is 9.55. The highest BCUT2D eigenvalue weighted by molar-refractivity contribution is 7.87. The third-order valence-electron chi connectivity index (χ3n) is 12.2. The number of fused-ring (bicyclic) bond motifs is 6. The summed E-state index contributed by atoms with van der Waals surface area (Å²) < 4.78 is 68.9. The fourth-order valence-corrected chi connectivity index (χ4v) is 12.4. The van der Waals surface area contributed by atoms with Gasteiger partial charge < -0.3 is 8.74 Å². The minimum Gasteiger partial charge on any atom is -0.744 e. The molecule has 0 heterocycles. The molecular formula is C33H39O6S2-. The van der Waals surface area contributed by atoms with Gasteiger partial charge in [0.25, 0.3) is 0 Å². The molecule has 220 valence electrons. The molecule has 6 aliphatic carbocycles. The van der Waals surface area contributed by atoms with Gasteiger partial charge in [0.15, 0.2) is 0 Å². The number of rotatable bonds is 7. The Hall–Kier alpha value is -1.90. The van der Waals surface area contributed by atoms with Gasteiger partial charge in [-0.2, -0.15) is 8.42 Å². The van der Waals surface area contributed by atoms with E-state index in [1.807, 2.05) is 0 Å². The molecule has 9 unspecified atom stereocenters. The van der Waals surface area contributed by atoms with Crippen molar-refractivity contribution in [2.45, 2.75) is 105 Å². The van der Waals surface area contributed by atoms with Gasteiger partial charge in [-0.05, 0) is 152 Å². The van der Waals surface area contributed by atoms with Crippen LogP contribution in [0.1, 0.15) is 111 Å². The molecule has 9 atom stereocenters. The van der Waals surface area contributed by atoms with Crippen LogP contribution in [-0.2, 0) is 20.2 Å². The first-order valence-electron chi connectivity index (χ1n) is 15.8. The minimum absolute atomic E-state index is 0.0346. The predicted octanol–water partition coefficient (Wildman–Crippen LogP) is 7.07. The van der Waals surface area contributed by atoms with Gasteiger partial charge in [0.2, 0.25) is 0 Å². The summed E-state index contributed by atoms with van der Waals surface area (Å²) in [6.45, 7) is 0. The molecule has 2 aromatic carbocycles. The molecule has 6 nitrogen and oxygen atoms in total. The third-order valence-corrected chi connectivity index (χ3v) is 14.4. The maximum atomic E-state index is 14.4. The zero-order valence-corrected chi connectivity index (χ0v) is 25.0. The van der Waals surface area contributed by atoms with E-state index in [2.05, 4.69) is 12.1 Å². The van der Waals surface area contributed by atoms with Crippen LogP contribution in [0.5, 0.6) is 5.75 Å². The summed E-state index contributed by atoms with van der Waals surface area (Å²) in [5.74, 6) is 4.99. The Balaban J connectivity index is 1.26. The first-order valence-corrected chi connectivity index (χ1v) is 18.6. The molecule has 6 saturated carbocycles. The Labute approximate surface area is 244 Å². The lowest BCUT2D eigenvalue weighted by atomic mass is 9.75. The lowest BCUT2D eigenvalue weighted by molar-refractivity contribution is 0.392. The van der Waals surface area contributed by atoms with E-state index >= 15 is 0 Å².